The summed E-state index contributed by atoms with van der Waals surface area (Å²) in [4.78, 5) is 45.7. The number of carboxylic acids is 1. The van der Waals surface area contributed by atoms with Crippen molar-refractivity contribution in [2.24, 2.45) is 5.73 Å². The number of nitrogens with two attached hydrogens (primary N) is 1. The van der Waals surface area contributed by atoms with E-state index in [4.69, 9.17) is 24.8 Å². The van der Waals surface area contributed by atoms with Crippen LogP contribution in [0.5, 0.6) is 0 Å². The van der Waals surface area contributed by atoms with Gasteiger partial charge in [-0.05, 0) is 64.2 Å². The molecular formula is C40H70NO10P. The third-order valence-electron chi connectivity index (χ3n) is 8.05. The number of esters is 2. The molecule has 1 unspecified atom stereocenters. The first kappa shape index (κ1) is 49.4. The molecule has 0 rings (SSSR count). The molecule has 0 heterocycles. The number of hydrogen-bond acceptors (Lipinski definition) is 9. The molecule has 12 heteroatoms. The Kier molecular flexibility index (Phi) is 33.7. The molecule has 0 aromatic rings. The van der Waals surface area contributed by atoms with Crippen molar-refractivity contribution >= 4 is 25.7 Å². The van der Waals surface area contributed by atoms with E-state index in [-0.39, 0.29) is 19.4 Å². The molecule has 0 spiro atoms. The Labute approximate surface area is 314 Å². The first-order valence-corrected chi connectivity index (χ1v) is 21.2. The summed E-state index contributed by atoms with van der Waals surface area (Å²) in [5.74, 6) is -2.46. The highest BCUT2D eigenvalue weighted by Crippen LogP contribution is 2.43. The summed E-state index contributed by atoms with van der Waals surface area (Å²) in [5.41, 5.74) is 5.31. The molecule has 0 saturated heterocycles. The number of ether oxygens (including phenoxy) is 2. The molecule has 0 aromatic carbocycles. The highest BCUT2D eigenvalue weighted by atomic mass is 31.2. The zero-order chi connectivity index (χ0) is 38.5. The summed E-state index contributed by atoms with van der Waals surface area (Å²) in [7, 11) is -4.73. The Hall–Kier alpha value is -2.56. The van der Waals surface area contributed by atoms with E-state index < -0.39 is 51.1 Å². The van der Waals surface area contributed by atoms with Crippen LogP contribution in [0.1, 0.15) is 155 Å². The minimum Gasteiger partial charge on any atom is -0.480 e. The lowest BCUT2D eigenvalue weighted by Crippen LogP contribution is -2.34. The van der Waals surface area contributed by atoms with Crippen molar-refractivity contribution in [2.45, 2.75) is 167 Å². The molecule has 3 atom stereocenters. The van der Waals surface area contributed by atoms with Crippen LogP contribution in [0.2, 0.25) is 0 Å². The zero-order valence-electron chi connectivity index (χ0n) is 32.1. The molecule has 0 aliphatic carbocycles. The highest BCUT2D eigenvalue weighted by molar-refractivity contribution is 7.47. The number of allylic oxidation sites excluding steroid dienone is 8. The van der Waals surface area contributed by atoms with Gasteiger partial charge < -0.3 is 25.2 Å². The Morgan fingerprint density at radius 1 is 0.596 bits per heavy atom. The molecule has 300 valence electrons. The second-order valence-electron chi connectivity index (χ2n) is 13.1. The molecular weight excluding hydrogens is 685 g/mol. The highest BCUT2D eigenvalue weighted by Gasteiger charge is 2.28. The fraction of sp³-hybridized carbons (Fsp3) is 0.725. The average Bonchev–Trinajstić information content (AvgIpc) is 3.12. The lowest BCUT2D eigenvalue weighted by Gasteiger charge is -2.20. The van der Waals surface area contributed by atoms with Crippen molar-refractivity contribution in [3.8, 4) is 0 Å². The van der Waals surface area contributed by atoms with E-state index in [1.807, 2.05) is 12.2 Å². The summed E-state index contributed by atoms with van der Waals surface area (Å²) < 4.78 is 32.5. The van der Waals surface area contributed by atoms with Gasteiger partial charge in [0.15, 0.2) is 6.10 Å². The zero-order valence-corrected chi connectivity index (χ0v) is 33.0. The van der Waals surface area contributed by atoms with Gasteiger partial charge in [-0.25, -0.2) is 4.57 Å². The van der Waals surface area contributed by atoms with Crippen molar-refractivity contribution in [3.63, 3.8) is 0 Å². The molecule has 0 aliphatic heterocycles. The largest absolute Gasteiger partial charge is 0.480 e. The van der Waals surface area contributed by atoms with Crippen LogP contribution in [0.4, 0.5) is 0 Å². The van der Waals surface area contributed by atoms with Gasteiger partial charge in [0.2, 0.25) is 0 Å². The Bertz CT molecular complexity index is 1070. The number of aliphatic carboxylic acids is 1. The number of phosphoric ester groups is 1. The fourth-order valence-electron chi connectivity index (χ4n) is 4.88. The standard InChI is InChI=1S/C40H70NO10P/c1-3-5-7-9-11-13-15-16-17-18-19-20-22-24-26-28-30-32-39(43)51-36(34-49-52(46,47)50-35-37(41)40(44)45)33-48-38(42)31-29-27-25-23-21-14-12-10-8-6-4-2/h10,12,16-17,19-20,24,26,36-37H,3-9,11,13-15,18,21-23,25,27-35,41H2,1-2H3,(H,44,45)(H,46,47)/b12-10+,17-16+,20-19+,26-24+/t36-,37-/m0/s1. The van der Waals surface area contributed by atoms with Crippen LogP contribution in [-0.4, -0.2) is 59.9 Å². The molecule has 52 heavy (non-hydrogen) atoms. The number of rotatable bonds is 36. The molecule has 0 radical (unpaired) electrons. The smallest absolute Gasteiger partial charge is 0.472 e. The number of carbonyl (C=O) groups excluding carboxylic acids is 2. The van der Waals surface area contributed by atoms with Gasteiger partial charge in [0.1, 0.15) is 12.6 Å². The van der Waals surface area contributed by atoms with Crippen molar-refractivity contribution < 1.29 is 47.5 Å². The van der Waals surface area contributed by atoms with Crippen LogP contribution in [0, 0.1) is 0 Å². The molecule has 11 nitrogen and oxygen atoms in total. The number of carboxylic acid groups (broad SMARTS) is 1. The third kappa shape index (κ3) is 34.5. The van der Waals surface area contributed by atoms with Gasteiger partial charge in [0.25, 0.3) is 0 Å². The number of carbonyl (C=O) groups is 3. The van der Waals surface area contributed by atoms with Crippen molar-refractivity contribution in [2.75, 3.05) is 19.8 Å². The van der Waals surface area contributed by atoms with Gasteiger partial charge in [-0.15, -0.1) is 0 Å². The Balaban J connectivity index is 4.53. The summed E-state index contributed by atoms with van der Waals surface area (Å²) >= 11 is 0. The molecule has 0 saturated carbocycles. The van der Waals surface area contributed by atoms with Crippen LogP contribution in [-0.2, 0) is 37.5 Å². The molecule has 0 amide bonds. The van der Waals surface area contributed by atoms with E-state index in [0.717, 1.165) is 57.8 Å². The van der Waals surface area contributed by atoms with E-state index in [0.29, 0.717) is 19.3 Å². The van der Waals surface area contributed by atoms with Gasteiger partial charge in [-0.3, -0.25) is 23.4 Å². The monoisotopic (exact) mass is 755 g/mol. The summed E-state index contributed by atoms with van der Waals surface area (Å²) in [6.07, 6.45) is 37.7. The average molecular weight is 756 g/mol. The normalized spacial score (nSPS) is 14.4. The van der Waals surface area contributed by atoms with E-state index in [2.05, 4.69) is 54.8 Å². The second-order valence-corrected chi connectivity index (χ2v) is 14.5. The minimum atomic E-state index is -4.73. The van der Waals surface area contributed by atoms with Crippen molar-refractivity contribution in [3.05, 3.63) is 48.6 Å². The summed E-state index contributed by atoms with van der Waals surface area (Å²) in [5, 5.41) is 8.86. The Morgan fingerprint density at radius 2 is 1.06 bits per heavy atom. The predicted octanol–water partition coefficient (Wildman–Crippen LogP) is 9.83. The maximum atomic E-state index is 12.5. The lowest BCUT2D eigenvalue weighted by molar-refractivity contribution is -0.161. The minimum absolute atomic E-state index is 0.0866. The molecule has 0 bridgehead atoms. The van der Waals surface area contributed by atoms with Gasteiger partial charge in [0, 0.05) is 12.8 Å². The third-order valence-corrected chi connectivity index (χ3v) is 9.00. The summed E-state index contributed by atoms with van der Waals surface area (Å²) in [6, 6.07) is -1.53. The summed E-state index contributed by atoms with van der Waals surface area (Å²) in [6.45, 7) is 2.67. The van der Waals surface area contributed by atoms with E-state index in [1.165, 1.54) is 51.4 Å². The second kappa shape index (κ2) is 35.5. The van der Waals surface area contributed by atoms with E-state index in [9.17, 15) is 23.8 Å². The van der Waals surface area contributed by atoms with Crippen molar-refractivity contribution in [1.29, 1.82) is 0 Å². The van der Waals surface area contributed by atoms with Gasteiger partial charge in [-0.2, -0.15) is 0 Å². The fourth-order valence-corrected chi connectivity index (χ4v) is 5.66. The van der Waals surface area contributed by atoms with Crippen molar-refractivity contribution in [1.82, 2.24) is 0 Å². The molecule has 4 N–H and O–H groups in total. The molecule has 0 fully saturated rings. The van der Waals surface area contributed by atoms with E-state index >= 15 is 0 Å². The maximum Gasteiger partial charge on any atom is 0.472 e. The number of unbranched alkanes of at least 4 members (excludes halogenated alkanes) is 14. The molecule has 0 aliphatic rings. The quantitative estimate of drug-likeness (QED) is 0.0241. The topological polar surface area (TPSA) is 172 Å². The predicted molar refractivity (Wildman–Crippen MR) is 208 cm³/mol. The first-order chi connectivity index (χ1) is 25.1. The maximum absolute atomic E-state index is 12.5. The van der Waals surface area contributed by atoms with Crippen LogP contribution in [0.25, 0.3) is 0 Å². The number of phosphoric acid groups is 1. The van der Waals surface area contributed by atoms with Gasteiger partial charge in [0.05, 0.1) is 13.2 Å². The van der Waals surface area contributed by atoms with Crippen LogP contribution in [0.15, 0.2) is 48.6 Å². The van der Waals surface area contributed by atoms with Gasteiger partial charge in [-0.1, -0.05) is 127 Å². The number of hydrogen-bond donors (Lipinski definition) is 3. The van der Waals surface area contributed by atoms with Crippen LogP contribution >= 0.6 is 7.82 Å². The lowest BCUT2D eigenvalue weighted by atomic mass is 10.1. The molecule has 0 aromatic heterocycles. The van der Waals surface area contributed by atoms with Gasteiger partial charge >= 0.3 is 25.7 Å². The van der Waals surface area contributed by atoms with Crippen LogP contribution < -0.4 is 5.73 Å². The van der Waals surface area contributed by atoms with Crippen LogP contribution in [0.3, 0.4) is 0 Å². The van der Waals surface area contributed by atoms with E-state index in [1.54, 1.807) is 0 Å². The Morgan fingerprint density at radius 3 is 1.65 bits per heavy atom. The SMILES string of the molecule is CCCC/C=C/CCCCCCCC(=O)OC[C@@H](COP(=O)(O)OC[C@H](N)C(=O)O)OC(=O)CCC/C=C/C/C=C/C/C=C/CCCCCCCC. The first-order valence-electron chi connectivity index (χ1n) is 19.7.